The van der Waals surface area contributed by atoms with Gasteiger partial charge in [0.15, 0.2) is 0 Å². The van der Waals surface area contributed by atoms with Gasteiger partial charge in [0.1, 0.15) is 17.2 Å². The Morgan fingerprint density at radius 1 is 1.17 bits per heavy atom. The highest BCUT2D eigenvalue weighted by molar-refractivity contribution is 5.93. The second kappa shape index (κ2) is 9.35. The molecule has 23 heavy (non-hydrogen) atoms. The summed E-state index contributed by atoms with van der Waals surface area (Å²) < 4.78 is 5.68. The van der Waals surface area contributed by atoms with Crippen molar-refractivity contribution in [1.29, 1.82) is 0 Å². The molecule has 0 fully saturated rings. The number of nitrogens with two attached hydrogens (primary N) is 1. The lowest BCUT2D eigenvalue weighted by Gasteiger charge is -2.23. The van der Waals surface area contributed by atoms with Crippen molar-refractivity contribution < 1.29 is 9.53 Å². The molecule has 0 bridgehead atoms. The molecule has 2 rings (SSSR count). The normalized spacial score (nSPS) is 10.0. The molecule has 0 aliphatic carbocycles. The van der Waals surface area contributed by atoms with Gasteiger partial charge >= 0.3 is 0 Å². The molecule has 0 saturated carbocycles. The maximum atomic E-state index is 12.1. The average molecular weight is 358 g/mol. The standard InChI is InChI=1S/C16H19N3O2.2ClH/c1-16(2,11-17)19-15(20)14-10-13(8-9-18-14)21-12-6-4-3-5-7-12;;/h3-10H,11,17H2,1-2H3,(H,19,20);2*1H. The van der Waals surface area contributed by atoms with Gasteiger partial charge < -0.3 is 15.8 Å². The van der Waals surface area contributed by atoms with E-state index in [0.29, 0.717) is 23.7 Å². The molecule has 1 amide bonds. The highest BCUT2D eigenvalue weighted by atomic mass is 35.5. The van der Waals surface area contributed by atoms with Gasteiger partial charge in [0, 0.05) is 24.3 Å². The first-order chi connectivity index (χ1) is 10.00. The second-order valence-corrected chi connectivity index (χ2v) is 5.33. The van der Waals surface area contributed by atoms with Crippen LogP contribution >= 0.6 is 24.8 Å². The fourth-order valence-electron chi connectivity index (χ4n) is 1.65. The topological polar surface area (TPSA) is 77.2 Å². The van der Waals surface area contributed by atoms with Gasteiger partial charge in [-0.15, -0.1) is 24.8 Å². The highest BCUT2D eigenvalue weighted by Crippen LogP contribution is 2.20. The third kappa shape index (κ3) is 6.44. The van der Waals surface area contributed by atoms with E-state index in [0.717, 1.165) is 0 Å². The van der Waals surface area contributed by atoms with Crippen molar-refractivity contribution in [3.63, 3.8) is 0 Å². The Kier molecular flexibility index (Phi) is 8.61. The summed E-state index contributed by atoms with van der Waals surface area (Å²) in [7, 11) is 0. The largest absolute Gasteiger partial charge is 0.457 e. The minimum absolute atomic E-state index is 0. The zero-order chi connectivity index (χ0) is 15.3. The number of nitrogens with zero attached hydrogens (tertiary/aromatic N) is 1. The van der Waals surface area contributed by atoms with E-state index >= 15 is 0 Å². The number of hydrogen-bond acceptors (Lipinski definition) is 4. The van der Waals surface area contributed by atoms with Gasteiger partial charge in [-0.25, -0.2) is 0 Å². The molecule has 5 nitrogen and oxygen atoms in total. The van der Waals surface area contributed by atoms with Crippen LogP contribution in [0, 0.1) is 0 Å². The molecule has 0 aliphatic heterocycles. The first kappa shape index (κ1) is 21.2. The molecule has 0 spiro atoms. The number of carbonyl (C=O) groups is 1. The monoisotopic (exact) mass is 357 g/mol. The van der Waals surface area contributed by atoms with Crippen molar-refractivity contribution in [3.05, 3.63) is 54.4 Å². The number of carbonyl (C=O) groups excluding carboxylic acids is 1. The molecule has 126 valence electrons. The van der Waals surface area contributed by atoms with Crippen molar-refractivity contribution >= 4 is 30.7 Å². The Bertz CT molecular complexity index is 622. The van der Waals surface area contributed by atoms with Gasteiger partial charge in [-0.1, -0.05) is 18.2 Å². The number of aromatic nitrogens is 1. The van der Waals surface area contributed by atoms with Crippen LogP contribution in [0.5, 0.6) is 11.5 Å². The van der Waals surface area contributed by atoms with E-state index in [1.165, 1.54) is 0 Å². The molecule has 0 saturated heterocycles. The molecule has 2 aromatic rings. The van der Waals surface area contributed by atoms with E-state index in [9.17, 15) is 4.79 Å². The Labute approximate surface area is 148 Å². The number of benzene rings is 1. The summed E-state index contributed by atoms with van der Waals surface area (Å²) in [5.74, 6) is 0.994. The molecule has 1 aromatic heterocycles. The van der Waals surface area contributed by atoms with E-state index < -0.39 is 5.54 Å². The number of para-hydroxylation sites is 1. The van der Waals surface area contributed by atoms with Gasteiger partial charge in [0.05, 0.1) is 0 Å². The second-order valence-electron chi connectivity index (χ2n) is 5.33. The van der Waals surface area contributed by atoms with E-state index in [1.807, 2.05) is 44.2 Å². The number of pyridine rings is 1. The van der Waals surface area contributed by atoms with Crippen LogP contribution in [-0.2, 0) is 0 Å². The summed E-state index contributed by atoms with van der Waals surface area (Å²) in [4.78, 5) is 16.2. The molecule has 1 heterocycles. The van der Waals surface area contributed by atoms with E-state index in [-0.39, 0.29) is 30.7 Å². The first-order valence-corrected chi connectivity index (χ1v) is 6.72. The smallest absolute Gasteiger partial charge is 0.270 e. The van der Waals surface area contributed by atoms with Crippen molar-refractivity contribution in [1.82, 2.24) is 10.3 Å². The minimum Gasteiger partial charge on any atom is -0.457 e. The predicted octanol–water partition coefficient (Wildman–Crippen LogP) is 3.18. The zero-order valence-electron chi connectivity index (χ0n) is 13.0. The van der Waals surface area contributed by atoms with Crippen LogP contribution in [0.25, 0.3) is 0 Å². The lowest BCUT2D eigenvalue weighted by Crippen LogP contribution is -2.49. The van der Waals surface area contributed by atoms with E-state index in [1.54, 1.807) is 18.3 Å². The van der Waals surface area contributed by atoms with Crippen LogP contribution in [0.15, 0.2) is 48.7 Å². The molecule has 3 N–H and O–H groups in total. The maximum Gasteiger partial charge on any atom is 0.270 e. The van der Waals surface area contributed by atoms with Gasteiger partial charge in [-0.05, 0) is 32.0 Å². The van der Waals surface area contributed by atoms with Crippen LogP contribution in [0.2, 0.25) is 0 Å². The van der Waals surface area contributed by atoms with E-state index in [2.05, 4.69) is 10.3 Å². The van der Waals surface area contributed by atoms with Crippen molar-refractivity contribution in [2.45, 2.75) is 19.4 Å². The highest BCUT2D eigenvalue weighted by Gasteiger charge is 2.20. The number of amides is 1. The summed E-state index contributed by atoms with van der Waals surface area (Å²) in [6.07, 6.45) is 1.54. The summed E-state index contributed by atoms with van der Waals surface area (Å²) >= 11 is 0. The molecule has 0 radical (unpaired) electrons. The molecular weight excluding hydrogens is 337 g/mol. The average Bonchev–Trinajstić information content (AvgIpc) is 2.48. The number of rotatable bonds is 5. The Balaban J connectivity index is 0.00000242. The molecule has 7 heteroatoms. The van der Waals surface area contributed by atoms with Crippen LogP contribution in [0.1, 0.15) is 24.3 Å². The van der Waals surface area contributed by atoms with E-state index in [4.69, 9.17) is 10.5 Å². The van der Waals surface area contributed by atoms with Crippen molar-refractivity contribution in [2.24, 2.45) is 5.73 Å². The number of ether oxygens (including phenoxy) is 1. The summed E-state index contributed by atoms with van der Waals surface area (Å²) in [6.45, 7) is 4.06. The van der Waals surface area contributed by atoms with Crippen LogP contribution < -0.4 is 15.8 Å². The fraction of sp³-hybridized carbons (Fsp3) is 0.250. The first-order valence-electron chi connectivity index (χ1n) is 6.72. The SMILES string of the molecule is CC(C)(CN)NC(=O)c1cc(Oc2ccccc2)ccn1.Cl.Cl. The van der Waals surface area contributed by atoms with Gasteiger partial charge in [0.2, 0.25) is 0 Å². The number of halogens is 2. The third-order valence-electron chi connectivity index (χ3n) is 2.91. The lowest BCUT2D eigenvalue weighted by molar-refractivity contribution is 0.0910. The van der Waals surface area contributed by atoms with Gasteiger partial charge in [0.25, 0.3) is 5.91 Å². The molecular formula is C16H21Cl2N3O2. The van der Waals surface area contributed by atoms with Crippen LogP contribution in [-0.4, -0.2) is 23.0 Å². The number of hydrogen-bond donors (Lipinski definition) is 2. The molecule has 1 aromatic carbocycles. The maximum absolute atomic E-state index is 12.1. The summed E-state index contributed by atoms with van der Waals surface area (Å²) in [5.41, 5.74) is 5.42. The minimum atomic E-state index is -0.477. The van der Waals surface area contributed by atoms with Crippen LogP contribution in [0.4, 0.5) is 0 Å². The molecule has 0 unspecified atom stereocenters. The molecule has 0 aliphatic rings. The third-order valence-corrected chi connectivity index (χ3v) is 2.91. The number of nitrogens with one attached hydrogen (secondary N) is 1. The van der Waals surface area contributed by atoms with Crippen molar-refractivity contribution in [2.75, 3.05) is 6.54 Å². The Hall–Kier alpha value is -1.82. The predicted molar refractivity (Wildman–Crippen MR) is 95.8 cm³/mol. The van der Waals surface area contributed by atoms with Gasteiger partial charge in [-0.2, -0.15) is 0 Å². The summed E-state index contributed by atoms with van der Waals surface area (Å²) in [5, 5.41) is 2.83. The summed E-state index contributed by atoms with van der Waals surface area (Å²) in [6, 6.07) is 12.7. The Morgan fingerprint density at radius 3 is 2.43 bits per heavy atom. The quantitative estimate of drug-likeness (QED) is 0.861. The van der Waals surface area contributed by atoms with Crippen LogP contribution in [0.3, 0.4) is 0 Å². The Morgan fingerprint density at radius 2 is 1.83 bits per heavy atom. The van der Waals surface area contributed by atoms with Crippen molar-refractivity contribution in [3.8, 4) is 11.5 Å². The molecule has 0 atom stereocenters. The fourth-order valence-corrected chi connectivity index (χ4v) is 1.65. The lowest BCUT2D eigenvalue weighted by atomic mass is 10.1. The van der Waals surface area contributed by atoms with Gasteiger partial charge in [-0.3, -0.25) is 9.78 Å². The zero-order valence-corrected chi connectivity index (χ0v) is 14.6.